The Bertz CT molecular complexity index is 783. The lowest BCUT2D eigenvalue weighted by Gasteiger charge is -2.14. The second-order valence-corrected chi connectivity index (χ2v) is 4.81. The van der Waals surface area contributed by atoms with Crippen LogP contribution in [0.25, 0.3) is 11.0 Å². The van der Waals surface area contributed by atoms with Crippen molar-refractivity contribution < 1.29 is 4.42 Å². The number of hydrogen-bond acceptors (Lipinski definition) is 3. The molecule has 2 aromatic heterocycles. The molecule has 100 valence electrons. The molecule has 0 radical (unpaired) electrons. The van der Waals surface area contributed by atoms with Gasteiger partial charge in [-0.15, -0.1) is 11.6 Å². The molecule has 1 aromatic carbocycles. The Labute approximate surface area is 121 Å². The van der Waals surface area contributed by atoms with Gasteiger partial charge in [-0.1, -0.05) is 0 Å². The molecule has 0 saturated heterocycles. The molecule has 1 unspecified atom stereocenters. The Kier molecular flexibility index (Phi) is 3.21. The van der Waals surface area contributed by atoms with Gasteiger partial charge in [-0.25, -0.2) is 4.98 Å². The van der Waals surface area contributed by atoms with Crippen molar-refractivity contribution in [3.05, 3.63) is 53.7 Å². The lowest BCUT2D eigenvalue weighted by Crippen LogP contribution is -2.09. The van der Waals surface area contributed by atoms with E-state index in [2.05, 4.69) is 11.1 Å². The van der Waals surface area contributed by atoms with Gasteiger partial charge in [0.25, 0.3) is 0 Å². The number of hydrogen-bond donors (Lipinski definition) is 0. The average molecular weight is 286 g/mol. The third-order valence-electron chi connectivity index (χ3n) is 3.35. The molecule has 4 nitrogen and oxygen atoms in total. The van der Waals surface area contributed by atoms with Gasteiger partial charge in [0.15, 0.2) is 0 Å². The fraction of sp³-hybridized carbons (Fsp3) is 0.200. The SMILES string of the molecule is CC(c1ccco1)n1c(CCl)nc2ccc(C#N)cc21. The molecule has 0 N–H and O–H groups in total. The minimum Gasteiger partial charge on any atom is -0.467 e. The number of nitriles is 1. The molecule has 0 spiro atoms. The summed E-state index contributed by atoms with van der Waals surface area (Å²) in [6, 6.07) is 11.3. The molecule has 2 heterocycles. The van der Waals surface area contributed by atoms with E-state index < -0.39 is 0 Å². The quantitative estimate of drug-likeness (QED) is 0.687. The summed E-state index contributed by atoms with van der Waals surface area (Å²) in [6.07, 6.45) is 1.64. The molecular weight excluding hydrogens is 274 g/mol. The number of alkyl halides is 1. The Morgan fingerprint density at radius 1 is 1.45 bits per heavy atom. The highest BCUT2D eigenvalue weighted by atomic mass is 35.5. The maximum absolute atomic E-state index is 9.05. The molecule has 5 heteroatoms. The maximum atomic E-state index is 9.05. The number of fused-ring (bicyclic) bond motifs is 1. The molecule has 0 aliphatic rings. The van der Waals surface area contributed by atoms with Gasteiger partial charge in [0.1, 0.15) is 11.6 Å². The van der Waals surface area contributed by atoms with Crippen LogP contribution in [-0.2, 0) is 5.88 Å². The van der Waals surface area contributed by atoms with Gasteiger partial charge in [-0.05, 0) is 37.3 Å². The lowest BCUT2D eigenvalue weighted by atomic mass is 10.2. The summed E-state index contributed by atoms with van der Waals surface area (Å²) >= 11 is 6.00. The number of benzene rings is 1. The molecule has 0 saturated carbocycles. The van der Waals surface area contributed by atoms with Gasteiger partial charge < -0.3 is 8.98 Å². The summed E-state index contributed by atoms with van der Waals surface area (Å²) in [5.41, 5.74) is 2.33. The fourth-order valence-corrected chi connectivity index (χ4v) is 2.58. The van der Waals surface area contributed by atoms with Crippen molar-refractivity contribution in [2.45, 2.75) is 18.8 Å². The van der Waals surface area contributed by atoms with E-state index in [0.717, 1.165) is 22.6 Å². The van der Waals surface area contributed by atoms with Gasteiger partial charge >= 0.3 is 0 Å². The Balaban J connectivity index is 2.24. The number of aromatic nitrogens is 2. The van der Waals surface area contributed by atoms with E-state index in [0.29, 0.717) is 11.4 Å². The zero-order valence-electron chi connectivity index (χ0n) is 10.9. The molecular formula is C15H12ClN3O. The van der Waals surface area contributed by atoms with Crippen LogP contribution >= 0.6 is 11.6 Å². The fourth-order valence-electron chi connectivity index (χ4n) is 2.40. The van der Waals surface area contributed by atoms with Gasteiger partial charge in [0, 0.05) is 0 Å². The third kappa shape index (κ3) is 1.97. The second kappa shape index (κ2) is 5.03. The highest BCUT2D eigenvalue weighted by molar-refractivity contribution is 6.16. The highest BCUT2D eigenvalue weighted by Gasteiger charge is 2.18. The molecule has 0 fully saturated rings. The van der Waals surface area contributed by atoms with E-state index in [4.69, 9.17) is 21.3 Å². The van der Waals surface area contributed by atoms with Crippen molar-refractivity contribution in [1.29, 1.82) is 5.26 Å². The molecule has 0 aliphatic heterocycles. The summed E-state index contributed by atoms with van der Waals surface area (Å²) < 4.78 is 7.48. The number of furan rings is 1. The van der Waals surface area contributed by atoms with Crippen LogP contribution in [0.2, 0.25) is 0 Å². The summed E-state index contributed by atoms with van der Waals surface area (Å²) in [6.45, 7) is 2.02. The van der Waals surface area contributed by atoms with Crippen LogP contribution < -0.4 is 0 Å². The first-order valence-corrected chi connectivity index (χ1v) is 6.78. The van der Waals surface area contributed by atoms with E-state index in [9.17, 15) is 0 Å². The van der Waals surface area contributed by atoms with Gasteiger partial charge in [0.05, 0.1) is 40.9 Å². The normalized spacial score (nSPS) is 12.4. The minimum atomic E-state index is -0.0299. The zero-order chi connectivity index (χ0) is 14.1. The largest absolute Gasteiger partial charge is 0.467 e. The molecule has 0 bridgehead atoms. The minimum absolute atomic E-state index is 0.0299. The number of halogens is 1. The van der Waals surface area contributed by atoms with E-state index >= 15 is 0 Å². The topological polar surface area (TPSA) is 54.8 Å². The lowest BCUT2D eigenvalue weighted by molar-refractivity contribution is 0.446. The highest BCUT2D eigenvalue weighted by Crippen LogP contribution is 2.27. The summed E-state index contributed by atoms with van der Waals surface area (Å²) in [4.78, 5) is 4.52. The molecule has 1 atom stereocenters. The average Bonchev–Trinajstić information content (AvgIpc) is 3.12. The molecule has 3 aromatic rings. The summed E-state index contributed by atoms with van der Waals surface area (Å²) in [7, 11) is 0. The first-order valence-electron chi connectivity index (χ1n) is 6.25. The van der Waals surface area contributed by atoms with E-state index in [1.807, 2.05) is 35.8 Å². The van der Waals surface area contributed by atoms with Crippen LogP contribution in [0.3, 0.4) is 0 Å². The summed E-state index contributed by atoms with van der Waals surface area (Å²) in [5, 5.41) is 9.05. The summed E-state index contributed by atoms with van der Waals surface area (Å²) in [5.74, 6) is 1.90. The molecule has 0 amide bonds. The van der Waals surface area contributed by atoms with E-state index in [-0.39, 0.29) is 6.04 Å². The van der Waals surface area contributed by atoms with Gasteiger partial charge in [0.2, 0.25) is 0 Å². The van der Waals surface area contributed by atoms with Crippen LogP contribution in [0.15, 0.2) is 41.0 Å². The predicted molar refractivity (Wildman–Crippen MR) is 76.5 cm³/mol. The number of rotatable bonds is 3. The molecule has 3 rings (SSSR count). The van der Waals surface area contributed by atoms with Crippen LogP contribution in [0, 0.1) is 11.3 Å². The van der Waals surface area contributed by atoms with E-state index in [1.54, 1.807) is 12.3 Å². The number of nitrogens with zero attached hydrogens (tertiary/aromatic N) is 3. The van der Waals surface area contributed by atoms with Crippen LogP contribution in [0.5, 0.6) is 0 Å². The Morgan fingerprint density at radius 3 is 2.95 bits per heavy atom. The van der Waals surface area contributed by atoms with Crippen molar-refractivity contribution in [3.8, 4) is 6.07 Å². The second-order valence-electron chi connectivity index (χ2n) is 4.54. The zero-order valence-corrected chi connectivity index (χ0v) is 11.6. The van der Waals surface area contributed by atoms with Gasteiger partial charge in [-0.2, -0.15) is 5.26 Å². The van der Waals surface area contributed by atoms with Crippen LogP contribution in [0.1, 0.15) is 30.1 Å². The van der Waals surface area contributed by atoms with Crippen molar-refractivity contribution >= 4 is 22.6 Å². The predicted octanol–water partition coefficient (Wildman–Crippen LogP) is 3.85. The van der Waals surface area contributed by atoms with Crippen LogP contribution in [0.4, 0.5) is 0 Å². The first kappa shape index (κ1) is 12.8. The Morgan fingerprint density at radius 2 is 2.30 bits per heavy atom. The monoisotopic (exact) mass is 285 g/mol. The van der Waals surface area contributed by atoms with Crippen molar-refractivity contribution in [3.63, 3.8) is 0 Å². The van der Waals surface area contributed by atoms with Crippen molar-refractivity contribution in [2.75, 3.05) is 0 Å². The van der Waals surface area contributed by atoms with E-state index in [1.165, 1.54) is 0 Å². The Hall–Kier alpha value is -2.25. The first-order chi connectivity index (χ1) is 9.74. The smallest absolute Gasteiger partial charge is 0.126 e. The van der Waals surface area contributed by atoms with Crippen molar-refractivity contribution in [2.24, 2.45) is 0 Å². The standard InChI is InChI=1S/C15H12ClN3O/c1-10(14-3-2-6-20-14)19-13-7-11(9-17)4-5-12(13)18-15(19)8-16/h2-7,10H,8H2,1H3. The molecule has 20 heavy (non-hydrogen) atoms. The van der Waals surface area contributed by atoms with Gasteiger partial charge in [-0.3, -0.25) is 0 Å². The van der Waals surface area contributed by atoms with Crippen molar-refractivity contribution in [1.82, 2.24) is 9.55 Å². The third-order valence-corrected chi connectivity index (χ3v) is 3.59. The molecule has 0 aliphatic carbocycles. The number of imidazole rings is 1. The van der Waals surface area contributed by atoms with Crippen LogP contribution in [-0.4, -0.2) is 9.55 Å². The maximum Gasteiger partial charge on any atom is 0.126 e.